The highest BCUT2D eigenvalue weighted by Crippen LogP contribution is 2.27. The Morgan fingerprint density at radius 2 is 2.03 bits per heavy atom. The molecule has 2 atom stereocenters. The summed E-state index contributed by atoms with van der Waals surface area (Å²) in [7, 11) is 4.19. The van der Waals surface area contributed by atoms with Crippen molar-refractivity contribution < 1.29 is 9.53 Å². The van der Waals surface area contributed by atoms with Crippen LogP contribution in [0.25, 0.3) is 0 Å². The second-order valence-corrected chi connectivity index (χ2v) is 8.60. The van der Waals surface area contributed by atoms with Crippen molar-refractivity contribution in [3.05, 3.63) is 53.6 Å². The van der Waals surface area contributed by atoms with Gasteiger partial charge in [0.25, 0.3) is 5.91 Å². The van der Waals surface area contributed by atoms with Crippen molar-refractivity contribution in [3.63, 3.8) is 0 Å². The summed E-state index contributed by atoms with van der Waals surface area (Å²) < 4.78 is 6.14. The van der Waals surface area contributed by atoms with Crippen LogP contribution in [0.1, 0.15) is 34.6 Å². The average Bonchev–Trinajstić information content (AvgIpc) is 3.12. The number of likely N-dealkylation sites (tertiary alicyclic amines) is 1. The molecular weight excluding hydrogens is 378 g/mol. The normalized spacial score (nSPS) is 21.9. The van der Waals surface area contributed by atoms with Crippen LogP contribution in [-0.2, 0) is 6.54 Å². The molecule has 3 heterocycles. The van der Waals surface area contributed by atoms with Gasteiger partial charge in [0.2, 0.25) is 0 Å². The predicted molar refractivity (Wildman–Crippen MR) is 116 cm³/mol. The van der Waals surface area contributed by atoms with E-state index in [-0.39, 0.29) is 18.0 Å². The van der Waals surface area contributed by atoms with Gasteiger partial charge in [-0.1, -0.05) is 18.2 Å². The molecule has 2 aliphatic rings. The molecule has 0 spiro atoms. The molecule has 1 saturated heterocycles. The molecule has 0 radical (unpaired) electrons. The van der Waals surface area contributed by atoms with E-state index in [1.54, 1.807) is 12.4 Å². The van der Waals surface area contributed by atoms with Crippen molar-refractivity contribution >= 4 is 5.91 Å². The SMILES string of the molecule is Cc1cnc(C(=O)N2CCC[C@@H]2CN2Cc3ccccc3OC[C@@H]2CN(C)C)cn1. The lowest BCUT2D eigenvalue weighted by Gasteiger charge is -2.35. The Morgan fingerprint density at radius 3 is 2.80 bits per heavy atom. The topological polar surface area (TPSA) is 61.8 Å². The van der Waals surface area contributed by atoms with Crippen molar-refractivity contribution in [1.29, 1.82) is 0 Å². The van der Waals surface area contributed by atoms with E-state index < -0.39 is 0 Å². The van der Waals surface area contributed by atoms with Crippen LogP contribution in [-0.4, -0.2) is 83.0 Å². The van der Waals surface area contributed by atoms with Crippen LogP contribution >= 0.6 is 0 Å². The number of rotatable bonds is 5. The number of hydrogen-bond donors (Lipinski definition) is 0. The number of fused-ring (bicyclic) bond motifs is 1. The predicted octanol–water partition coefficient (Wildman–Crippen LogP) is 2.21. The molecule has 1 aromatic carbocycles. The molecule has 1 aromatic heterocycles. The van der Waals surface area contributed by atoms with Crippen molar-refractivity contribution in [2.45, 2.75) is 38.4 Å². The number of para-hydroxylation sites is 1. The van der Waals surface area contributed by atoms with E-state index >= 15 is 0 Å². The Labute approximate surface area is 178 Å². The Bertz CT molecular complexity index is 870. The van der Waals surface area contributed by atoms with E-state index in [2.05, 4.69) is 46.0 Å². The van der Waals surface area contributed by atoms with Gasteiger partial charge in [0, 0.05) is 44.0 Å². The van der Waals surface area contributed by atoms with Crippen LogP contribution in [0, 0.1) is 6.92 Å². The number of likely N-dealkylation sites (N-methyl/N-ethyl adjacent to an activating group) is 1. The number of ether oxygens (including phenoxy) is 1. The summed E-state index contributed by atoms with van der Waals surface area (Å²) in [6.07, 6.45) is 5.29. The van der Waals surface area contributed by atoms with E-state index in [0.29, 0.717) is 12.3 Å². The van der Waals surface area contributed by atoms with E-state index in [4.69, 9.17) is 4.74 Å². The molecule has 0 unspecified atom stereocenters. The van der Waals surface area contributed by atoms with Gasteiger partial charge in [-0.25, -0.2) is 4.98 Å². The zero-order chi connectivity index (χ0) is 21.1. The van der Waals surface area contributed by atoms with Crippen LogP contribution in [0.15, 0.2) is 36.7 Å². The van der Waals surface area contributed by atoms with Crippen molar-refractivity contribution in [3.8, 4) is 5.75 Å². The Hall–Kier alpha value is -2.51. The second-order valence-electron chi connectivity index (χ2n) is 8.60. The van der Waals surface area contributed by atoms with Gasteiger partial charge in [-0.3, -0.25) is 14.7 Å². The van der Waals surface area contributed by atoms with Crippen LogP contribution in [0.3, 0.4) is 0 Å². The van der Waals surface area contributed by atoms with Gasteiger partial charge in [0.1, 0.15) is 18.1 Å². The number of carbonyl (C=O) groups is 1. The number of aromatic nitrogens is 2. The Kier molecular flexibility index (Phi) is 6.29. The summed E-state index contributed by atoms with van der Waals surface area (Å²) >= 11 is 0. The van der Waals surface area contributed by atoms with E-state index in [9.17, 15) is 4.79 Å². The lowest BCUT2D eigenvalue weighted by atomic mass is 10.1. The molecule has 7 nitrogen and oxygen atoms in total. The molecule has 0 saturated carbocycles. The molecular formula is C23H31N5O2. The summed E-state index contributed by atoms with van der Waals surface area (Å²) in [5.74, 6) is 0.957. The Balaban J connectivity index is 1.53. The zero-order valence-corrected chi connectivity index (χ0v) is 18.1. The summed E-state index contributed by atoms with van der Waals surface area (Å²) in [5, 5.41) is 0. The number of nitrogens with zero attached hydrogens (tertiary/aromatic N) is 5. The molecule has 7 heteroatoms. The minimum absolute atomic E-state index is 0.0133. The number of benzene rings is 1. The quantitative estimate of drug-likeness (QED) is 0.755. The highest BCUT2D eigenvalue weighted by atomic mass is 16.5. The molecule has 1 amide bonds. The van der Waals surface area contributed by atoms with E-state index in [1.165, 1.54) is 5.56 Å². The first-order valence-electron chi connectivity index (χ1n) is 10.7. The summed E-state index contributed by atoms with van der Waals surface area (Å²) in [5.41, 5.74) is 2.46. The largest absolute Gasteiger partial charge is 0.492 e. The molecule has 2 aliphatic heterocycles. The van der Waals surface area contributed by atoms with Gasteiger partial charge in [-0.05, 0) is 39.9 Å². The summed E-state index contributed by atoms with van der Waals surface area (Å²) in [6, 6.07) is 8.72. The molecule has 0 aliphatic carbocycles. The second kappa shape index (κ2) is 9.10. The minimum atomic E-state index is -0.0133. The molecule has 0 bridgehead atoms. The van der Waals surface area contributed by atoms with Gasteiger partial charge in [-0.15, -0.1) is 0 Å². The van der Waals surface area contributed by atoms with E-state index in [0.717, 1.165) is 50.5 Å². The monoisotopic (exact) mass is 409 g/mol. The first-order valence-corrected chi connectivity index (χ1v) is 10.7. The van der Waals surface area contributed by atoms with Gasteiger partial charge in [0.05, 0.1) is 17.9 Å². The van der Waals surface area contributed by atoms with Crippen LogP contribution < -0.4 is 4.74 Å². The van der Waals surface area contributed by atoms with Gasteiger partial charge in [-0.2, -0.15) is 0 Å². The Morgan fingerprint density at radius 1 is 1.20 bits per heavy atom. The fourth-order valence-corrected chi connectivity index (χ4v) is 4.43. The van der Waals surface area contributed by atoms with Crippen LogP contribution in [0.2, 0.25) is 0 Å². The molecule has 0 N–H and O–H groups in total. The first kappa shape index (κ1) is 20.8. The van der Waals surface area contributed by atoms with Crippen molar-refractivity contribution in [1.82, 2.24) is 24.7 Å². The molecule has 1 fully saturated rings. The molecule has 30 heavy (non-hydrogen) atoms. The average molecular weight is 410 g/mol. The fourth-order valence-electron chi connectivity index (χ4n) is 4.43. The summed E-state index contributed by atoms with van der Waals surface area (Å²) in [4.78, 5) is 28.4. The van der Waals surface area contributed by atoms with Crippen molar-refractivity contribution in [2.75, 3.05) is 40.3 Å². The van der Waals surface area contributed by atoms with Crippen LogP contribution in [0.5, 0.6) is 5.75 Å². The minimum Gasteiger partial charge on any atom is -0.492 e. The lowest BCUT2D eigenvalue weighted by Crippen LogP contribution is -2.50. The third-order valence-electron chi connectivity index (χ3n) is 5.95. The first-order chi connectivity index (χ1) is 14.5. The maximum Gasteiger partial charge on any atom is 0.274 e. The standard InChI is InChI=1S/C23H31N5O2/c1-17-11-25-21(12-24-17)23(29)28-10-6-8-19(28)15-27-13-18-7-4-5-9-22(18)30-16-20(27)14-26(2)3/h4-5,7,9,11-12,19-20H,6,8,10,13-16H2,1-3H3/t19-,20+/m1/s1. The number of aryl methyl sites for hydroxylation is 1. The van der Waals surface area contributed by atoms with E-state index in [1.807, 2.05) is 24.0 Å². The lowest BCUT2D eigenvalue weighted by molar-refractivity contribution is 0.0612. The van der Waals surface area contributed by atoms with Crippen molar-refractivity contribution in [2.24, 2.45) is 0 Å². The molecule has 160 valence electrons. The maximum atomic E-state index is 13.1. The highest BCUT2D eigenvalue weighted by Gasteiger charge is 2.34. The third-order valence-corrected chi connectivity index (χ3v) is 5.95. The maximum absolute atomic E-state index is 13.1. The molecule has 2 aromatic rings. The number of hydrogen-bond acceptors (Lipinski definition) is 6. The third kappa shape index (κ3) is 4.63. The zero-order valence-electron chi connectivity index (χ0n) is 18.1. The van der Waals surface area contributed by atoms with Crippen LogP contribution in [0.4, 0.5) is 0 Å². The number of carbonyl (C=O) groups excluding carboxylic acids is 1. The van der Waals surface area contributed by atoms with Gasteiger partial charge in [0.15, 0.2) is 0 Å². The smallest absolute Gasteiger partial charge is 0.274 e. The fraction of sp³-hybridized carbons (Fsp3) is 0.522. The number of amides is 1. The summed E-state index contributed by atoms with van der Waals surface area (Å²) in [6.45, 7) is 5.89. The molecule has 4 rings (SSSR count). The van der Waals surface area contributed by atoms with Gasteiger partial charge >= 0.3 is 0 Å². The van der Waals surface area contributed by atoms with Gasteiger partial charge < -0.3 is 14.5 Å². The highest BCUT2D eigenvalue weighted by molar-refractivity contribution is 5.92.